The quantitative estimate of drug-likeness (QED) is 0.299. The Kier molecular flexibility index (Phi) is 5.30. The highest BCUT2D eigenvalue weighted by molar-refractivity contribution is 9.11. The molecule has 1 aliphatic rings. The van der Waals surface area contributed by atoms with E-state index in [0.717, 1.165) is 23.0 Å². The number of carbonyl (C=O) groups is 1. The SMILES string of the molecule is CCc1cccc2c1N(C)Cc1cc(OC(=O)c3ccc(Br)cc3Br)ccc1-2. The number of para-hydroxylation sites is 1. The molecule has 1 heterocycles. The number of ether oxygens (including phenoxy) is 1. The van der Waals surface area contributed by atoms with Gasteiger partial charge in [0.25, 0.3) is 0 Å². The van der Waals surface area contributed by atoms with Crippen molar-refractivity contribution in [2.24, 2.45) is 0 Å². The first-order valence-electron chi connectivity index (χ1n) is 9.11. The van der Waals surface area contributed by atoms with Gasteiger partial charge in [-0.25, -0.2) is 4.79 Å². The van der Waals surface area contributed by atoms with Crippen molar-refractivity contribution in [1.82, 2.24) is 0 Å². The summed E-state index contributed by atoms with van der Waals surface area (Å²) in [5.74, 6) is 0.180. The van der Waals surface area contributed by atoms with Crippen LogP contribution in [0.2, 0.25) is 0 Å². The van der Waals surface area contributed by atoms with Crippen LogP contribution in [0.5, 0.6) is 5.75 Å². The number of carbonyl (C=O) groups excluding carboxylic acids is 1. The first kappa shape index (κ1) is 19.2. The van der Waals surface area contributed by atoms with Gasteiger partial charge in [-0.15, -0.1) is 0 Å². The van der Waals surface area contributed by atoms with Gasteiger partial charge in [0.2, 0.25) is 0 Å². The standard InChI is InChI=1S/C23H19Br2NO2/c1-3-14-5-4-6-19-18-10-8-17(11-15(18)13-26(2)22(14)19)28-23(27)20-9-7-16(24)12-21(20)25/h4-12H,3,13H2,1-2H3. The molecule has 0 spiro atoms. The Balaban J connectivity index is 1.66. The fourth-order valence-electron chi connectivity index (χ4n) is 3.72. The lowest BCUT2D eigenvalue weighted by molar-refractivity contribution is 0.0733. The number of esters is 1. The molecule has 0 fully saturated rings. The van der Waals surface area contributed by atoms with Crippen molar-refractivity contribution in [2.45, 2.75) is 19.9 Å². The van der Waals surface area contributed by atoms with E-state index < -0.39 is 0 Å². The van der Waals surface area contributed by atoms with E-state index in [0.29, 0.717) is 15.8 Å². The van der Waals surface area contributed by atoms with Crippen LogP contribution in [0.4, 0.5) is 5.69 Å². The fraction of sp³-hybridized carbons (Fsp3) is 0.174. The summed E-state index contributed by atoms with van der Waals surface area (Å²) < 4.78 is 7.25. The molecule has 0 bridgehead atoms. The van der Waals surface area contributed by atoms with Gasteiger partial charge < -0.3 is 9.64 Å². The second kappa shape index (κ2) is 7.72. The average molecular weight is 501 g/mol. The Morgan fingerprint density at radius 3 is 2.64 bits per heavy atom. The predicted molar refractivity (Wildman–Crippen MR) is 120 cm³/mol. The second-order valence-electron chi connectivity index (χ2n) is 6.86. The molecule has 0 N–H and O–H groups in total. The zero-order chi connectivity index (χ0) is 19.8. The molecule has 5 heteroatoms. The number of anilines is 1. The highest BCUT2D eigenvalue weighted by Gasteiger charge is 2.23. The normalized spacial score (nSPS) is 12.4. The van der Waals surface area contributed by atoms with Crippen molar-refractivity contribution in [3.8, 4) is 16.9 Å². The van der Waals surface area contributed by atoms with Crippen LogP contribution in [0, 0.1) is 0 Å². The molecule has 0 radical (unpaired) electrons. The summed E-state index contributed by atoms with van der Waals surface area (Å²) in [7, 11) is 2.11. The van der Waals surface area contributed by atoms with Crippen LogP contribution in [0.15, 0.2) is 63.5 Å². The monoisotopic (exact) mass is 499 g/mol. The number of benzene rings is 3. The van der Waals surface area contributed by atoms with Crippen molar-refractivity contribution < 1.29 is 9.53 Å². The van der Waals surface area contributed by atoms with Crippen molar-refractivity contribution in [3.05, 3.63) is 80.2 Å². The number of halogens is 2. The Morgan fingerprint density at radius 2 is 1.89 bits per heavy atom. The van der Waals surface area contributed by atoms with Gasteiger partial charge in [-0.2, -0.15) is 0 Å². The van der Waals surface area contributed by atoms with Gasteiger partial charge in [-0.05, 0) is 69.4 Å². The number of fused-ring (bicyclic) bond motifs is 3. The fourth-order valence-corrected chi connectivity index (χ4v) is 4.93. The molecule has 0 saturated heterocycles. The van der Waals surface area contributed by atoms with Crippen molar-refractivity contribution >= 4 is 43.5 Å². The van der Waals surface area contributed by atoms with Crippen LogP contribution in [-0.2, 0) is 13.0 Å². The molecule has 4 rings (SSSR count). The summed E-state index contributed by atoms with van der Waals surface area (Å²) in [4.78, 5) is 14.9. The van der Waals surface area contributed by atoms with Gasteiger partial charge in [0.15, 0.2) is 0 Å². The van der Waals surface area contributed by atoms with Gasteiger partial charge in [0, 0.05) is 33.8 Å². The molecule has 3 nitrogen and oxygen atoms in total. The van der Waals surface area contributed by atoms with E-state index >= 15 is 0 Å². The summed E-state index contributed by atoms with van der Waals surface area (Å²) in [6.45, 7) is 2.97. The topological polar surface area (TPSA) is 29.5 Å². The number of rotatable bonds is 3. The first-order valence-corrected chi connectivity index (χ1v) is 10.7. The lowest BCUT2D eigenvalue weighted by Gasteiger charge is -2.31. The Bertz CT molecular complexity index is 1080. The van der Waals surface area contributed by atoms with E-state index in [9.17, 15) is 4.79 Å². The predicted octanol–water partition coefficient (Wildman–Crippen LogP) is 6.61. The lowest BCUT2D eigenvalue weighted by Crippen LogP contribution is -2.23. The number of hydrogen-bond donors (Lipinski definition) is 0. The molecule has 0 aromatic heterocycles. The maximum Gasteiger partial charge on any atom is 0.344 e. The Labute approximate surface area is 181 Å². The number of hydrogen-bond acceptors (Lipinski definition) is 3. The zero-order valence-corrected chi connectivity index (χ0v) is 18.8. The van der Waals surface area contributed by atoms with E-state index in [-0.39, 0.29) is 5.97 Å². The molecule has 0 saturated carbocycles. The van der Waals surface area contributed by atoms with Crippen LogP contribution < -0.4 is 9.64 Å². The van der Waals surface area contributed by atoms with Crippen molar-refractivity contribution in [3.63, 3.8) is 0 Å². The maximum absolute atomic E-state index is 12.6. The number of aryl methyl sites for hydroxylation is 1. The summed E-state index contributed by atoms with van der Waals surface area (Å²) >= 11 is 6.82. The van der Waals surface area contributed by atoms with E-state index in [1.54, 1.807) is 6.07 Å². The van der Waals surface area contributed by atoms with Crippen molar-refractivity contribution in [2.75, 3.05) is 11.9 Å². The van der Waals surface area contributed by atoms with Crippen LogP contribution in [0.25, 0.3) is 11.1 Å². The van der Waals surface area contributed by atoms with Crippen LogP contribution >= 0.6 is 31.9 Å². The number of nitrogens with zero attached hydrogens (tertiary/aromatic N) is 1. The third-order valence-electron chi connectivity index (χ3n) is 5.02. The summed E-state index contributed by atoms with van der Waals surface area (Å²) in [6.07, 6.45) is 1.00. The minimum atomic E-state index is -0.378. The van der Waals surface area contributed by atoms with E-state index in [2.05, 4.69) is 75.0 Å². The maximum atomic E-state index is 12.6. The largest absolute Gasteiger partial charge is 0.423 e. The summed E-state index contributed by atoms with van der Waals surface area (Å²) in [5.41, 5.74) is 6.73. The molecule has 3 aromatic carbocycles. The molecule has 3 aromatic rings. The van der Waals surface area contributed by atoms with E-state index in [1.807, 2.05) is 24.3 Å². The second-order valence-corrected chi connectivity index (χ2v) is 8.63. The van der Waals surface area contributed by atoms with Crippen LogP contribution in [0.3, 0.4) is 0 Å². The molecule has 0 atom stereocenters. The molecular formula is C23H19Br2NO2. The molecule has 0 unspecified atom stereocenters. The average Bonchev–Trinajstić information content (AvgIpc) is 2.67. The third-order valence-corrected chi connectivity index (χ3v) is 6.17. The summed E-state index contributed by atoms with van der Waals surface area (Å²) in [6, 6.07) is 17.8. The highest BCUT2D eigenvalue weighted by atomic mass is 79.9. The molecule has 0 aliphatic carbocycles. The highest BCUT2D eigenvalue weighted by Crippen LogP contribution is 2.41. The molecule has 1 aliphatic heterocycles. The molecular weight excluding hydrogens is 482 g/mol. The van der Waals surface area contributed by atoms with Gasteiger partial charge in [0.05, 0.1) is 5.56 Å². The minimum Gasteiger partial charge on any atom is -0.423 e. The minimum absolute atomic E-state index is 0.378. The Morgan fingerprint density at radius 1 is 1.07 bits per heavy atom. The van der Waals surface area contributed by atoms with Crippen LogP contribution in [0.1, 0.15) is 28.4 Å². The molecule has 142 valence electrons. The van der Waals surface area contributed by atoms with Gasteiger partial charge >= 0.3 is 5.97 Å². The first-order chi connectivity index (χ1) is 13.5. The summed E-state index contributed by atoms with van der Waals surface area (Å²) in [5, 5.41) is 0. The smallest absolute Gasteiger partial charge is 0.344 e. The zero-order valence-electron chi connectivity index (χ0n) is 15.6. The molecule has 0 amide bonds. The third kappa shape index (κ3) is 3.49. The Hall–Kier alpha value is -2.11. The molecule has 28 heavy (non-hydrogen) atoms. The van der Waals surface area contributed by atoms with Gasteiger partial charge in [-0.1, -0.05) is 47.1 Å². The van der Waals surface area contributed by atoms with Gasteiger partial charge in [-0.3, -0.25) is 0 Å². The van der Waals surface area contributed by atoms with Gasteiger partial charge in [0.1, 0.15) is 5.75 Å². The van der Waals surface area contributed by atoms with E-state index in [1.165, 1.54) is 22.4 Å². The lowest BCUT2D eigenvalue weighted by atomic mass is 9.90. The van der Waals surface area contributed by atoms with E-state index in [4.69, 9.17) is 4.74 Å². The van der Waals surface area contributed by atoms with Crippen LogP contribution in [-0.4, -0.2) is 13.0 Å². The van der Waals surface area contributed by atoms with Crippen molar-refractivity contribution in [1.29, 1.82) is 0 Å².